The first-order chi connectivity index (χ1) is 17.8. The molecule has 2 aromatic heterocycles. The van der Waals surface area contributed by atoms with Gasteiger partial charge in [-0.1, -0.05) is 11.6 Å². The molecule has 3 heterocycles. The largest absolute Gasteiger partial charge is 0.504 e. The Balaban J connectivity index is 1.38. The van der Waals surface area contributed by atoms with E-state index in [9.17, 15) is 19.1 Å². The van der Waals surface area contributed by atoms with E-state index >= 15 is 0 Å². The van der Waals surface area contributed by atoms with Gasteiger partial charge in [-0.25, -0.2) is 9.37 Å². The number of halogens is 2. The number of pyridine rings is 2. The number of phenolic OH excluding ortho intramolecular Hbond substituents is 1. The zero-order valence-corrected chi connectivity index (χ0v) is 21.2. The van der Waals surface area contributed by atoms with Gasteiger partial charge in [0.15, 0.2) is 17.3 Å². The van der Waals surface area contributed by atoms with Gasteiger partial charge in [0.25, 0.3) is 0 Å². The highest BCUT2D eigenvalue weighted by molar-refractivity contribution is 6.32. The SMILES string of the molecule is CC(=O)c1cnc2ccc(-c3cc(F)c(O)c(Cl)c3)nc2c1N[C@H]1CC[C@H](NC(=O)[C@@H]2CCCN2)CC1. The molecule has 3 aromatic rings. The lowest BCUT2D eigenvalue weighted by Gasteiger charge is -2.31. The first-order valence-electron chi connectivity index (χ1n) is 12.6. The third-order valence-electron chi connectivity index (χ3n) is 7.20. The number of aromatic hydroxyl groups is 1. The smallest absolute Gasteiger partial charge is 0.237 e. The van der Waals surface area contributed by atoms with Crippen LogP contribution in [0, 0.1) is 5.82 Å². The fourth-order valence-corrected chi connectivity index (χ4v) is 5.36. The second kappa shape index (κ2) is 10.6. The summed E-state index contributed by atoms with van der Waals surface area (Å²) >= 11 is 5.98. The highest BCUT2D eigenvalue weighted by Gasteiger charge is 2.28. The molecule has 10 heteroatoms. The number of rotatable bonds is 6. The maximum atomic E-state index is 14.1. The molecule has 1 atom stereocenters. The maximum Gasteiger partial charge on any atom is 0.237 e. The normalized spacial score (nSPS) is 21.6. The lowest BCUT2D eigenvalue weighted by atomic mass is 9.90. The Kier molecular flexibility index (Phi) is 7.26. The summed E-state index contributed by atoms with van der Waals surface area (Å²) < 4.78 is 14.1. The van der Waals surface area contributed by atoms with Crippen LogP contribution in [0.1, 0.15) is 55.8 Å². The quantitative estimate of drug-likeness (QED) is 0.348. The van der Waals surface area contributed by atoms with Crippen molar-refractivity contribution < 1.29 is 19.1 Å². The van der Waals surface area contributed by atoms with Crippen LogP contribution in [0.2, 0.25) is 5.02 Å². The molecule has 194 valence electrons. The number of carbonyl (C=O) groups excluding carboxylic acids is 2. The van der Waals surface area contributed by atoms with E-state index in [-0.39, 0.29) is 34.8 Å². The van der Waals surface area contributed by atoms with Crippen molar-refractivity contribution >= 4 is 40.0 Å². The average molecular weight is 526 g/mol. The number of anilines is 1. The van der Waals surface area contributed by atoms with Crippen molar-refractivity contribution in [1.82, 2.24) is 20.6 Å². The first-order valence-corrected chi connectivity index (χ1v) is 13.0. The number of amides is 1. The van der Waals surface area contributed by atoms with E-state index in [0.29, 0.717) is 33.5 Å². The van der Waals surface area contributed by atoms with Gasteiger partial charge in [0, 0.05) is 23.8 Å². The lowest BCUT2D eigenvalue weighted by Crippen LogP contribution is -2.47. The van der Waals surface area contributed by atoms with E-state index in [1.807, 2.05) is 0 Å². The Labute approximate surface area is 219 Å². The van der Waals surface area contributed by atoms with Crippen LogP contribution in [-0.4, -0.2) is 51.4 Å². The minimum atomic E-state index is -0.842. The van der Waals surface area contributed by atoms with Gasteiger partial charge in [-0.3, -0.25) is 14.6 Å². The number of phenols is 1. The summed E-state index contributed by atoms with van der Waals surface area (Å²) in [6.45, 7) is 2.37. The second-order valence-electron chi connectivity index (χ2n) is 9.81. The minimum absolute atomic E-state index is 0.0791. The van der Waals surface area contributed by atoms with Crippen LogP contribution in [-0.2, 0) is 4.79 Å². The molecule has 0 spiro atoms. The number of carbonyl (C=O) groups is 2. The van der Waals surface area contributed by atoms with Crippen LogP contribution in [0.4, 0.5) is 10.1 Å². The van der Waals surface area contributed by atoms with Crippen molar-refractivity contribution in [2.45, 2.75) is 63.6 Å². The summed E-state index contributed by atoms with van der Waals surface area (Å²) in [6.07, 6.45) is 6.76. The van der Waals surface area contributed by atoms with E-state index in [1.54, 1.807) is 18.3 Å². The van der Waals surface area contributed by atoms with Gasteiger partial charge in [-0.2, -0.15) is 0 Å². The Morgan fingerprint density at radius 1 is 1.14 bits per heavy atom. The standard InChI is InChI=1S/C27H29ClFN5O3/c1-14(35)18-13-31-22-9-8-21(15-11-19(28)26(36)20(29)12-15)34-25(22)24(18)32-16-4-6-17(7-5-16)33-27(37)23-3-2-10-30-23/h8-9,11-13,16-17,23,30,36H,2-7,10H2,1H3,(H,31,32)(H,33,37)/t16-,17-,23-/m0/s1. The molecule has 0 bridgehead atoms. The van der Waals surface area contributed by atoms with Crippen LogP contribution in [0.5, 0.6) is 5.75 Å². The molecule has 1 aliphatic heterocycles. The highest BCUT2D eigenvalue weighted by Crippen LogP contribution is 2.34. The van der Waals surface area contributed by atoms with E-state index in [1.165, 1.54) is 19.1 Å². The van der Waals surface area contributed by atoms with E-state index in [2.05, 4.69) is 20.9 Å². The maximum absolute atomic E-state index is 14.1. The Hall–Kier alpha value is -3.30. The fraction of sp³-hybridized carbons (Fsp3) is 0.407. The van der Waals surface area contributed by atoms with E-state index in [0.717, 1.165) is 45.1 Å². The van der Waals surface area contributed by atoms with Gasteiger partial charge in [-0.05, 0) is 76.3 Å². The number of fused-ring (bicyclic) bond motifs is 1. The average Bonchev–Trinajstić information content (AvgIpc) is 3.43. The Bertz CT molecular complexity index is 1330. The van der Waals surface area contributed by atoms with Crippen LogP contribution in [0.3, 0.4) is 0 Å². The van der Waals surface area contributed by atoms with E-state index < -0.39 is 11.6 Å². The third-order valence-corrected chi connectivity index (χ3v) is 7.49. The van der Waals surface area contributed by atoms with Crippen molar-refractivity contribution in [3.63, 3.8) is 0 Å². The Morgan fingerprint density at radius 2 is 1.89 bits per heavy atom. The van der Waals surface area contributed by atoms with Crippen molar-refractivity contribution in [1.29, 1.82) is 0 Å². The molecule has 5 rings (SSSR count). The molecule has 0 unspecified atom stereocenters. The highest BCUT2D eigenvalue weighted by atomic mass is 35.5. The minimum Gasteiger partial charge on any atom is -0.504 e. The van der Waals surface area contributed by atoms with Crippen molar-refractivity contribution in [2.24, 2.45) is 0 Å². The van der Waals surface area contributed by atoms with Crippen LogP contribution < -0.4 is 16.0 Å². The Morgan fingerprint density at radius 3 is 2.57 bits per heavy atom. The van der Waals surface area contributed by atoms with E-state index in [4.69, 9.17) is 16.6 Å². The predicted molar refractivity (Wildman–Crippen MR) is 140 cm³/mol. The topological polar surface area (TPSA) is 116 Å². The van der Waals surface area contributed by atoms with Crippen LogP contribution >= 0.6 is 11.6 Å². The summed E-state index contributed by atoms with van der Waals surface area (Å²) in [5.41, 5.74) is 2.94. The molecular weight excluding hydrogens is 497 g/mol. The van der Waals surface area contributed by atoms with Crippen LogP contribution in [0.15, 0.2) is 30.5 Å². The zero-order valence-electron chi connectivity index (χ0n) is 20.5. The van der Waals surface area contributed by atoms with Crippen molar-refractivity contribution in [3.05, 3.63) is 46.9 Å². The summed E-state index contributed by atoms with van der Waals surface area (Å²) in [7, 11) is 0. The molecular formula is C27H29ClFN5O3. The zero-order chi connectivity index (χ0) is 26.1. The van der Waals surface area contributed by atoms with Gasteiger partial charge in [0.2, 0.25) is 5.91 Å². The fourth-order valence-electron chi connectivity index (χ4n) is 5.15. The van der Waals surface area contributed by atoms with Crippen molar-refractivity contribution in [2.75, 3.05) is 11.9 Å². The van der Waals surface area contributed by atoms with Gasteiger partial charge in [0.05, 0.1) is 33.5 Å². The lowest BCUT2D eigenvalue weighted by molar-refractivity contribution is -0.123. The van der Waals surface area contributed by atoms with Gasteiger partial charge >= 0.3 is 0 Å². The molecule has 4 N–H and O–H groups in total. The molecule has 1 aliphatic carbocycles. The molecule has 2 fully saturated rings. The number of hydrogen-bond donors (Lipinski definition) is 4. The number of hydrogen-bond acceptors (Lipinski definition) is 7. The number of aromatic nitrogens is 2. The molecule has 2 aliphatic rings. The molecule has 1 saturated heterocycles. The molecule has 1 amide bonds. The molecule has 8 nitrogen and oxygen atoms in total. The number of nitrogens with one attached hydrogen (secondary N) is 3. The summed E-state index contributed by atoms with van der Waals surface area (Å²) in [4.78, 5) is 34.1. The molecule has 0 radical (unpaired) electrons. The molecule has 1 saturated carbocycles. The number of ketones is 1. The summed E-state index contributed by atoms with van der Waals surface area (Å²) in [6, 6.07) is 6.20. The number of nitrogens with zero attached hydrogens (tertiary/aromatic N) is 2. The van der Waals surface area contributed by atoms with Crippen LogP contribution in [0.25, 0.3) is 22.3 Å². The predicted octanol–water partition coefficient (Wildman–Crippen LogP) is 4.59. The third kappa shape index (κ3) is 5.38. The van der Waals surface area contributed by atoms with Gasteiger partial charge in [0.1, 0.15) is 5.52 Å². The summed E-state index contributed by atoms with van der Waals surface area (Å²) in [5.74, 6) is -1.52. The molecule has 37 heavy (non-hydrogen) atoms. The second-order valence-corrected chi connectivity index (χ2v) is 10.2. The monoisotopic (exact) mass is 525 g/mol. The first kappa shape index (κ1) is 25.4. The van der Waals surface area contributed by atoms with Gasteiger partial charge < -0.3 is 21.1 Å². The number of benzene rings is 1. The van der Waals surface area contributed by atoms with Crippen molar-refractivity contribution in [3.8, 4) is 17.0 Å². The number of Topliss-reactive ketones (excluding diaryl/α,β-unsaturated/α-hetero) is 1. The van der Waals surface area contributed by atoms with Gasteiger partial charge in [-0.15, -0.1) is 0 Å². The summed E-state index contributed by atoms with van der Waals surface area (Å²) in [5, 5.41) is 19.5. The molecule has 1 aromatic carbocycles.